The number of aromatic nitrogens is 5. The number of benzene rings is 6. The highest BCUT2D eigenvalue weighted by Gasteiger charge is 2.20. The highest BCUT2D eigenvalue weighted by molar-refractivity contribution is 7.26. The van der Waals surface area contributed by atoms with Crippen molar-refractivity contribution in [3.8, 4) is 56.8 Å². The molecule has 0 fully saturated rings. The standard InChI is InChI=1S/C43H25N5OS/c1-4-13-26(14-5-1)37-39-38(31-19-10-11-22-35(31)50-39)45-43(44-37)32-20-12-21-33-36(32)30-24-23-29(25-34(30)49-33)42-47-40(27-15-6-2-7-16-27)46-41(48-42)28-17-8-3-9-18-28/h1-25H. The predicted octanol–water partition coefficient (Wildman–Crippen LogP) is 11.3. The number of thiophene rings is 1. The predicted molar refractivity (Wildman–Crippen MR) is 203 cm³/mol. The average molecular weight is 660 g/mol. The zero-order chi connectivity index (χ0) is 33.0. The smallest absolute Gasteiger partial charge is 0.164 e. The molecule has 7 heteroatoms. The zero-order valence-corrected chi connectivity index (χ0v) is 27.3. The van der Waals surface area contributed by atoms with Gasteiger partial charge in [-0.3, -0.25) is 0 Å². The first-order chi connectivity index (χ1) is 24.8. The van der Waals surface area contributed by atoms with Gasteiger partial charge in [-0.2, -0.15) is 0 Å². The van der Waals surface area contributed by atoms with E-state index in [1.54, 1.807) is 11.3 Å². The lowest BCUT2D eigenvalue weighted by Crippen LogP contribution is -2.00. The summed E-state index contributed by atoms with van der Waals surface area (Å²) in [7, 11) is 0. The van der Waals surface area contributed by atoms with Crippen LogP contribution in [0.1, 0.15) is 0 Å². The van der Waals surface area contributed by atoms with Crippen molar-refractivity contribution in [1.29, 1.82) is 0 Å². The minimum absolute atomic E-state index is 0.575. The van der Waals surface area contributed by atoms with Crippen molar-refractivity contribution < 1.29 is 4.42 Å². The molecule has 0 aliphatic rings. The Morgan fingerprint density at radius 2 is 1.04 bits per heavy atom. The molecule has 0 aliphatic carbocycles. The van der Waals surface area contributed by atoms with Gasteiger partial charge in [0.05, 0.1) is 15.9 Å². The summed E-state index contributed by atoms with van der Waals surface area (Å²) in [6.07, 6.45) is 0. The first-order valence-corrected chi connectivity index (χ1v) is 17.2. The molecule has 0 spiro atoms. The molecule has 10 rings (SSSR count). The highest BCUT2D eigenvalue weighted by atomic mass is 32.1. The van der Waals surface area contributed by atoms with E-state index < -0.39 is 0 Å². The highest BCUT2D eigenvalue weighted by Crippen LogP contribution is 2.42. The van der Waals surface area contributed by atoms with E-state index in [2.05, 4.69) is 66.7 Å². The molecule has 0 amide bonds. The van der Waals surface area contributed by atoms with E-state index in [1.807, 2.05) is 84.9 Å². The minimum Gasteiger partial charge on any atom is -0.456 e. The van der Waals surface area contributed by atoms with Gasteiger partial charge in [0.25, 0.3) is 0 Å². The third kappa shape index (κ3) is 4.75. The van der Waals surface area contributed by atoms with Gasteiger partial charge in [-0.05, 0) is 24.3 Å². The molecule has 50 heavy (non-hydrogen) atoms. The fourth-order valence-corrected chi connectivity index (χ4v) is 7.75. The monoisotopic (exact) mass is 659 g/mol. The summed E-state index contributed by atoms with van der Waals surface area (Å²) >= 11 is 1.73. The fraction of sp³-hybridized carbons (Fsp3) is 0. The lowest BCUT2D eigenvalue weighted by molar-refractivity contribution is 0.669. The molecule has 0 saturated heterocycles. The number of nitrogens with zero attached hydrogens (tertiary/aromatic N) is 5. The number of fused-ring (bicyclic) bond motifs is 6. The Balaban J connectivity index is 1.16. The molecule has 0 unspecified atom stereocenters. The summed E-state index contributed by atoms with van der Waals surface area (Å²) in [5.74, 6) is 2.47. The normalized spacial score (nSPS) is 11.6. The van der Waals surface area contributed by atoms with Gasteiger partial charge in [-0.1, -0.05) is 127 Å². The molecule has 6 aromatic carbocycles. The second kappa shape index (κ2) is 11.5. The Morgan fingerprint density at radius 1 is 0.420 bits per heavy atom. The van der Waals surface area contributed by atoms with E-state index in [0.29, 0.717) is 23.3 Å². The maximum Gasteiger partial charge on any atom is 0.164 e. The summed E-state index contributed by atoms with van der Waals surface area (Å²) in [5.41, 5.74) is 8.05. The van der Waals surface area contributed by atoms with Crippen LogP contribution >= 0.6 is 11.3 Å². The third-order valence-electron chi connectivity index (χ3n) is 8.96. The molecular formula is C43H25N5OS. The van der Waals surface area contributed by atoms with Gasteiger partial charge in [0.1, 0.15) is 11.2 Å². The van der Waals surface area contributed by atoms with E-state index >= 15 is 0 Å². The van der Waals surface area contributed by atoms with Gasteiger partial charge in [-0.25, -0.2) is 24.9 Å². The second-order valence-corrected chi connectivity index (χ2v) is 13.1. The Labute approximate surface area is 290 Å². The van der Waals surface area contributed by atoms with E-state index in [-0.39, 0.29) is 0 Å². The van der Waals surface area contributed by atoms with Crippen molar-refractivity contribution in [2.75, 3.05) is 0 Å². The molecule has 6 nitrogen and oxygen atoms in total. The first kappa shape index (κ1) is 28.4. The first-order valence-electron chi connectivity index (χ1n) is 16.3. The maximum absolute atomic E-state index is 6.54. The Kier molecular flexibility index (Phi) is 6.57. The van der Waals surface area contributed by atoms with Gasteiger partial charge in [0.15, 0.2) is 23.3 Å². The number of hydrogen-bond acceptors (Lipinski definition) is 7. The second-order valence-electron chi connectivity index (χ2n) is 12.1. The molecule has 0 aliphatic heterocycles. The van der Waals surface area contributed by atoms with Gasteiger partial charge in [0, 0.05) is 48.7 Å². The molecule has 0 saturated carbocycles. The molecule has 0 bridgehead atoms. The van der Waals surface area contributed by atoms with Gasteiger partial charge in [-0.15, -0.1) is 11.3 Å². The zero-order valence-electron chi connectivity index (χ0n) is 26.5. The Morgan fingerprint density at radius 3 is 1.74 bits per heavy atom. The van der Waals surface area contributed by atoms with E-state index in [1.165, 1.54) is 4.70 Å². The van der Waals surface area contributed by atoms with Gasteiger partial charge in [0.2, 0.25) is 0 Å². The molecular weight excluding hydrogens is 635 g/mol. The Hall–Kier alpha value is -6.57. The van der Waals surface area contributed by atoms with E-state index in [9.17, 15) is 0 Å². The molecule has 234 valence electrons. The quantitative estimate of drug-likeness (QED) is 0.183. The van der Waals surface area contributed by atoms with Crippen LogP contribution in [0.25, 0.3) is 99.1 Å². The summed E-state index contributed by atoms with van der Waals surface area (Å²) in [4.78, 5) is 25.2. The average Bonchev–Trinajstić information content (AvgIpc) is 3.76. The van der Waals surface area contributed by atoms with Crippen LogP contribution in [0.2, 0.25) is 0 Å². The maximum atomic E-state index is 6.54. The summed E-state index contributed by atoms with van der Waals surface area (Å²) < 4.78 is 8.81. The van der Waals surface area contributed by atoms with Crippen molar-refractivity contribution in [3.63, 3.8) is 0 Å². The SMILES string of the molecule is c1ccc(-c2nc(-c3ccccc3)nc(-c3ccc4c(c3)oc3cccc(-c5nc(-c6ccccc6)c6sc7ccccc7c6n5)c34)n2)cc1. The Bertz CT molecular complexity index is 2810. The van der Waals surface area contributed by atoms with Crippen LogP contribution in [-0.2, 0) is 0 Å². The van der Waals surface area contributed by atoms with Crippen LogP contribution in [-0.4, -0.2) is 24.9 Å². The van der Waals surface area contributed by atoms with Crippen molar-refractivity contribution in [2.24, 2.45) is 0 Å². The molecule has 10 aromatic rings. The van der Waals surface area contributed by atoms with E-state index in [4.69, 9.17) is 29.3 Å². The number of rotatable bonds is 5. The van der Waals surface area contributed by atoms with Crippen LogP contribution in [0.15, 0.2) is 156 Å². The van der Waals surface area contributed by atoms with Gasteiger partial charge >= 0.3 is 0 Å². The summed E-state index contributed by atoms with van der Waals surface area (Å²) in [5, 5.41) is 3.07. The summed E-state index contributed by atoms with van der Waals surface area (Å²) in [6.45, 7) is 0. The lowest BCUT2D eigenvalue weighted by atomic mass is 10.0. The van der Waals surface area contributed by atoms with Crippen molar-refractivity contribution in [2.45, 2.75) is 0 Å². The number of hydrogen-bond donors (Lipinski definition) is 0. The molecule has 0 atom stereocenters. The van der Waals surface area contributed by atoms with Crippen LogP contribution in [0.3, 0.4) is 0 Å². The van der Waals surface area contributed by atoms with Crippen LogP contribution in [0.5, 0.6) is 0 Å². The topological polar surface area (TPSA) is 77.6 Å². The lowest BCUT2D eigenvalue weighted by Gasteiger charge is -2.09. The van der Waals surface area contributed by atoms with Crippen LogP contribution < -0.4 is 0 Å². The van der Waals surface area contributed by atoms with E-state index in [0.717, 1.165) is 71.1 Å². The van der Waals surface area contributed by atoms with Crippen molar-refractivity contribution in [1.82, 2.24) is 24.9 Å². The molecule has 0 N–H and O–H groups in total. The van der Waals surface area contributed by atoms with Crippen LogP contribution in [0, 0.1) is 0 Å². The van der Waals surface area contributed by atoms with Gasteiger partial charge < -0.3 is 4.42 Å². The fourth-order valence-electron chi connectivity index (χ4n) is 6.59. The van der Waals surface area contributed by atoms with Crippen molar-refractivity contribution >= 4 is 53.6 Å². The molecule has 4 aromatic heterocycles. The largest absolute Gasteiger partial charge is 0.456 e. The molecule has 0 radical (unpaired) electrons. The number of furan rings is 1. The minimum atomic E-state index is 0.575. The molecule has 4 heterocycles. The third-order valence-corrected chi connectivity index (χ3v) is 10.1. The van der Waals surface area contributed by atoms with Crippen molar-refractivity contribution in [3.05, 3.63) is 152 Å². The summed E-state index contributed by atoms with van der Waals surface area (Å²) in [6, 6.07) is 51.0. The van der Waals surface area contributed by atoms with Crippen LogP contribution in [0.4, 0.5) is 0 Å².